The van der Waals surface area contributed by atoms with E-state index in [9.17, 15) is 0 Å². The summed E-state index contributed by atoms with van der Waals surface area (Å²) in [5, 5.41) is 4.72. The summed E-state index contributed by atoms with van der Waals surface area (Å²) in [6.07, 6.45) is 0. The Bertz CT molecular complexity index is 600. The van der Waals surface area contributed by atoms with E-state index in [4.69, 9.17) is 16.7 Å². The second-order valence-corrected chi connectivity index (χ2v) is 5.83. The van der Waals surface area contributed by atoms with Gasteiger partial charge in [0, 0.05) is 31.7 Å². The molecule has 0 amide bonds. The average molecular weight is 305 g/mol. The van der Waals surface area contributed by atoms with Gasteiger partial charge in [-0.1, -0.05) is 18.2 Å². The van der Waals surface area contributed by atoms with Crippen LogP contribution in [0.4, 0.5) is 5.82 Å². The number of aromatic nitrogens is 2. The van der Waals surface area contributed by atoms with E-state index in [0.29, 0.717) is 5.88 Å². The molecule has 5 heteroatoms. The first-order valence-corrected chi connectivity index (χ1v) is 7.87. The molecule has 0 radical (unpaired) electrons. The van der Waals surface area contributed by atoms with E-state index in [1.807, 2.05) is 29.8 Å². The van der Waals surface area contributed by atoms with Gasteiger partial charge in [0.1, 0.15) is 5.82 Å². The zero-order valence-electron chi connectivity index (χ0n) is 12.6. The van der Waals surface area contributed by atoms with Gasteiger partial charge in [0.05, 0.1) is 17.3 Å². The molecule has 0 bridgehead atoms. The third-order valence-electron chi connectivity index (χ3n) is 4.09. The number of aryl methyl sites for hydroxylation is 1. The number of anilines is 1. The Labute approximate surface area is 130 Å². The van der Waals surface area contributed by atoms with E-state index in [1.165, 1.54) is 0 Å². The zero-order chi connectivity index (χ0) is 14.8. The first-order chi connectivity index (χ1) is 10.2. The number of nitrogens with zero attached hydrogens (tertiary/aromatic N) is 4. The van der Waals surface area contributed by atoms with Crippen molar-refractivity contribution in [1.29, 1.82) is 0 Å². The van der Waals surface area contributed by atoms with Crippen LogP contribution >= 0.6 is 11.6 Å². The summed E-state index contributed by atoms with van der Waals surface area (Å²) in [5.41, 5.74) is 3.25. The van der Waals surface area contributed by atoms with Gasteiger partial charge in [-0.15, -0.1) is 11.6 Å². The molecule has 112 valence electrons. The van der Waals surface area contributed by atoms with Crippen molar-refractivity contribution in [3.8, 4) is 5.69 Å². The van der Waals surface area contributed by atoms with Gasteiger partial charge in [0.2, 0.25) is 0 Å². The minimum Gasteiger partial charge on any atom is -0.354 e. The standard InChI is InChI=1S/C16H21ClN4/c1-13-15(12-17)16(20-10-8-19(2)9-11-20)21(18-13)14-6-4-3-5-7-14/h3-7H,8-12H2,1-2H3. The number of alkyl halides is 1. The Hall–Kier alpha value is -1.52. The minimum atomic E-state index is 0.500. The van der Waals surface area contributed by atoms with Crippen molar-refractivity contribution in [2.45, 2.75) is 12.8 Å². The molecule has 1 aromatic heterocycles. The molecule has 1 aliphatic rings. The topological polar surface area (TPSA) is 24.3 Å². The number of halogens is 1. The van der Waals surface area contributed by atoms with Crippen LogP contribution in [-0.4, -0.2) is 47.9 Å². The van der Waals surface area contributed by atoms with Crippen molar-refractivity contribution in [3.63, 3.8) is 0 Å². The van der Waals surface area contributed by atoms with E-state index in [-0.39, 0.29) is 0 Å². The normalized spacial score (nSPS) is 16.4. The monoisotopic (exact) mass is 304 g/mol. The number of rotatable bonds is 3. The second-order valence-electron chi connectivity index (χ2n) is 5.56. The molecule has 1 aromatic carbocycles. The molecule has 4 nitrogen and oxygen atoms in total. The van der Waals surface area contributed by atoms with Crippen LogP contribution in [0.2, 0.25) is 0 Å². The molecule has 0 spiro atoms. The van der Waals surface area contributed by atoms with Crippen LogP contribution in [0.15, 0.2) is 30.3 Å². The maximum Gasteiger partial charge on any atom is 0.137 e. The van der Waals surface area contributed by atoms with Crippen molar-refractivity contribution >= 4 is 17.4 Å². The van der Waals surface area contributed by atoms with E-state index in [2.05, 4.69) is 29.0 Å². The van der Waals surface area contributed by atoms with Gasteiger partial charge in [-0.05, 0) is 26.1 Å². The summed E-state index contributed by atoms with van der Waals surface area (Å²) in [5.74, 6) is 1.65. The molecule has 1 aliphatic heterocycles. The Morgan fingerprint density at radius 1 is 1.10 bits per heavy atom. The van der Waals surface area contributed by atoms with Crippen molar-refractivity contribution in [1.82, 2.24) is 14.7 Å². The van der Waals surface area contributed by atoms with Crippen LogP contribution in [0.5, 0.6) is 0 Å². The Morgan fingerprint density at radius 3 is 2.38 bits per heavy atom. The molecular formula is C16H21ClN4. The van der Waals surface area contributed by atoms with Crippen LogP contribution in [0, 0.1) is 6.92 Å². The lowest BCUT2D eigenvalue weighted by Gasteiger charge is -2.34. The van der Waals surface area contributed by atoms with E-state index < -0.39 is 0 Å². The number of piperazine rings is 1. The molecule has 1 fully saturated rings. The summed E-state index contributed by atoms with van der Waals surface area (Å²) in [6, 6.07) is 10.3. The molecular weight excluding hydrogens is 284 g/mol. The highest BCUT2D eigenvalue weighted by molar-refractivity contribution is 6.17. The number of hydrogen-bond donors (Lipinski definition) is 0. The maximum absolute atomic E-state index is 6.20. The molecule has 1 saturated heterocycles. The first kappa shape index (κ1) is 14.4. The highest BCUT2D eigenvalue weighted by Gasteiger charge is 2.23. The predicted octanol–water partition coefficient (Wildman–Crippen LogP) is 2.67. The first-order valence-electron chi connectivity index (χ1n) is 7.34. The fraction of sp³-hybridized carbons (Fsp3) is 0.438. The zero-order valence-corrected chi connectivity index (χ0v) is 13.3. The van der Waals surface area contributed by atoms with Gasteiger partial charge in [-0.2, -0.15) is 5.10 Å². The number of likely N-dealkylation sites (N-methyl/N-ethyl adjacent to an activating group) is 1. The van der Waals surface area contributed by atoms with Crippen molar-refractivity contribution in [3.05, 3.63) is 41.6 Å². The van der Waals surface area contributed by atoms with Crippen molar-refractivity contribution in [2.75, 3.05) is 38.1 Å². The largest absolute Gasteiger partial charge is 0.354 e. The highest BCUT2D eigenvalue weighted by Crippen LogP contribution is 2.29. The van der Waals surface area contributed by atoms with Crippen LogP contribution in [0.3, 0.4) is 0 Å². The smallest absolute Gasteiger partial charge is 0.137 e. The summed E-state index contributed by atoms with van der Waals surface area (Å²) in [7, 11) is 2.17. The molecule has 21 heavy (non-hydrogen) atoms. The Kier molecular flexibility index (Phi) is 4.17. The van der Waals surface area contributed by atoms with Gasteiger partial charge >= 0.3 is 0 Å². The van der Waals surface area contributed by atoms with Crippen LogP contribution in [0.1, 0.15) is 11.3 Å². The number of hydrogen-bond acceptors (Lipinski definition) is 3. The van der Waals surface area contributed by atoms with Crippen LogP contribution in [-0.2, 0) is 5.88 Å². The van der Waals surface area contributed by atoms with E-state index in [1.54, 1.807) is 0 Å². The van der Waals surface area contributed by atoms with Crippen LogP contribution < -0.4 is 4.90 Å². The van der Waals surface area contributed by atoms with E-state index >= 15 is 0 Å². The lowest BCUT2D eigenvalue weighted by Crippen LogP contribution is -2.45. The van der Waals surface area contributed by atoms with Crippen molar-refractivity contribution in [2.24, 2.45) is 0 Å². The summed E-state index contributed by atoms with van der Waals surface area (Å²) >= 11 is 6.20. The fourth-order valence-corrected chi connectivity index (χ4v) is 3.11. The summed E-state index contributed by atoms with van der Waals surface area (Å²) in [4.78, 5) is 4.76. The molecule has 0 atom stereocenters. The van der Waals surface area contributed by atoms with Gasteiger partial charge < -0.3 is 9.80 Å². The molecule has 0 N–H and O–H groups in total. The molecule has 2 aromatic rings. The summed E-state index contributed by atoms with van der Waals surface area (Å²) < 4.78 is 2.04. The molecule has 0 unspecified atom stereocenters. The van der Waals surface area contributed by atoms with Crippen molar-refractivity contribution < 1.29 is 0 Å². The van der Waals surface area contributed by atoms with Crippen LogP contribution in [0.25, 0.3) is 5.69 Å². The SMILES string of the molecule is Cc1nn(-c2ccccc2)c(N2CCN(C)CC2)c1CCl. The molecule has 0 saturated carbocycles. The highest BCUT2D eigenvalue weighted by atomic mass is 35.5. The fourth-order valence-electron chi connectivity index (χ4n) is 2.80. The lowest BCUT2D eigenvalue weighted by molar-refractivity contribution is 0.311. The minimum absolute atomic E-state index is 0.500. The van der Waals surface area contributed by atoms with Gasteiger partial charge in [-0.3, -0.25) is 0 Å². The number of para-hydroxylation sites is 1. The number of benzene rings is 1. The molecule has 3 rings (SSSR count). The van der Waals surface area contributed by atoms with Gasteiger partial charge in [0.15, 0.2) is 0 Å². The van der Waals surface area contributed by atoms with E-state index in [0.717, 1.165) is 48.9 Å². The third kappa shape index (κ3) is 2.78. The van der Waals surface area contributed by atoms with Gasteiger partial charge in [0.25, 0.3) is 0 Å². The predicted molar refractivity (Wildman–Crippen MR) is 87.6 cm³/mol. The lowest BCUT2D eigenvalue weighted by atomic mass is 10.2. The Balaban J connectivity index is 2.05. The maximum atomic E-state index is 6.20. The van der Waals surface area contributed by atoms with Gasteiger partial charge in [-0.25, -0.2) is 4.68 Å². The Morgan fingerprint density at radius 2 is 1.76 bits per heavy atom. The summed E-state index contributed by atoms with van der Waals surface area (Å²) in [6.45, 7) is 6.20. The third-order valence-corrected chi connectivity index (χ3v) is 4.36. The molecule has 2 heterocycles. The molecule has 0 aliphatic carbocycles. The second kappa shape index (κ2) is 6.08. The quantitative estimate of drug-likeness (QED) is 0.815. The average Bonchev–Trinajstić information content (AvgIpc) is 2.85.